The van der Waals surface area contributed by atoms with E-state index in [1.807, 2.05) is 11.3 Å². The summed E-state index contributed by atoms with van der Waals surface area (Å²) in [5, 5.41) is 4.97. The van der Waals surface area contributed by atoms with E-state index < -0.39 is 0 Å². The van der Waals surface area contributed by atoms with Crippen LogP contribution in [-0.4, -0.2) is 24.1 Å². The fraction of sp³-hybridized carbons (Fsp3) is 0.812. The third-order valence-electron chi connectivity index (χ3n) is 4.94. The van der Waals surface area contributed by atoms with Crippen molar-refractivity contribution in [2.75, 3.05) is 18.0 Å². The minimum Gasteiger partial charge on any atom is -0.348 e. The van der Waals surface area contributed by atoms with E-state index in [0.717, 1.165) is 24.4 Å². The summed E-state index contributed by atoms with van der Waals surface area (Å²) in [5.74, 6) is 1.66. The van der Waals surface area contributed by atoms with Crippen LogP contribution in [-0.2, 0) is 6.54 Å². The van der Waals surface area contributed by atoms with Crippen LogP contribution >= 0.6 is 11.3 Å². The maximum absolute atomic E-state index is 5.03. The molecule has 2 heterocycles. The Morgan fingerprint density at radius 3 is 2.75 bits per heavy atom. The summed E-state index contributed by atoms with van der Waals surface area (Å²) < 4.78 is 0. The second-order valence-electron chi connectivity index (χ2n) is 6.74. The van der Waals surface area contributed by atoms with E-state index in [1.54, 1.807) is 0 Å². The standard InChI is InChI=1S/C16H25N3S/c1-2-11-7-8-19(10-11)16-18-15(12-3-4-12)14(20-16)9-17-13-5-6-13/h11-13,17H,2-10H2,1H3. The Kier molecular flexibility index (Phi) is 3.47. The lowest BCUT2D eigenvalue weighted by Gasteiger charge is -2.14. The topological polar surface area (TPSA) is 28.2 Å². The lowest BCUT2D eigenvalue weighted by Crippen LogP contribution is -2.19. The summed E-state index contributed by atoms with van der Waals surface area (Å²) >= 11 is 1.96. The van der Waals surface area contributed by atoms with Gasteiger partial charge in [0.15, 0.2) is 5.13 Å². The Labute approximate surface area is 125 Å². The molecule has 1 atom stereocenters. The lowest BCUT2D eigenvalue weighted by atomic mass is 10.1. The van der Waals surface area contributed by atoms with E-state index in [1.165, 1.54) is 67.3 Å². The van der Waals surface area contributed by atoms with Crippen LogP contribution in [0.4, 0.5) is 5.13 Å². The summed E-state index contributed by atoms with van der Waals surface area (Å²) in [5.41, 5.74) is 1.43. The highest BCUT2D eigenvalue weighted by Crippen LogP contribution is 2.44. The molecule has 3 fully saturated rings. The van der Waals surface area contributed by atoms with Gasteiger partial charge in [0.2, 0.25) is 0 Å². The molecule has 1 aliphatic heterocycles. The molecule has 0 amide bonds. The van der Waals surface area contributed by atoms with Crippen LogP contribution in [0.5, 0.6) is 0 Å². The first-order valence-corrected chi connectivity index (χ1v) is 9.13. The zero-order valence-corrected chi connectivity index (χ0v) is 13.2. The third kappa shape index (κ3) is 2.73. The molecule has 0 bridgehead atoms. The average Bonchev–Trinajstić information content (AvgIpc) is 3.38. The fourth-order valence-corrected chi connectivity index (χ4v) is 4.28. The monoisotopic (exact) mass is 291 g/mol. The van der Waals surface area contributed by atoms with Crippen molar-refractivity contribution in [1.29, 1.82) is 0 Å². The fourth-order valence-electron chi connectivity index (χ4n) is 3.15. The van der Waals surface area contributed by atoms with Gasteiger partial charge < -0.3 is 10.2 Å². The molecule has 4 rings (SSSR count). The lowest BCUT2D eigenvalue weighted by molar-refractivity contribution is 0.569. The van der Waals surface area contributed by atoms with Crippen molar-refractivity contribution in [3.8, 4) is 0 Å². The van der Waals surface area contributed by atoms with Gasteiger partial charge in [-0.25, -0.2) is 4.98 Å². The number of nitrogens with one attached hydrogen (secondary N) is 1. The average molecular weight is 291 g/mol. The van der Waals surface area contributed by atoms with Crippen molar-refractivity contribution in [2.24, 2.45) is 5.92 Å². The minimum atomic E-state index is 0.778. The molecule has 2 saturated carbocycles. The molecule has 2 aliphatic carbocycles. The van der Waals surface area contributed by atoms with Gasteiger partial charge >= 0.3 is 0 Å². The Hall–Kier alpha value is -0.610. The summed E-state index contributed by atoms with van der Waals surface area (Å²) in [4.78, 5) is 9.08. The molecule has 1 N–H and O–H groups in total. The zero-order valence-electron chi connectivity index (χ0n) is 12.4. The van der Waals surface area contributed by atoms with Crippen molar-refractivity contribution in [3.63, 3.8) is 0 Å². The number of anilines is 1. The predicted octanol–water partition coefficient (Wildman–Crippen LogP) is 3.51. The van der Waals surface area contributed by atoms with Crippen LogP contribution < -0.4 is 10.2 Å². The maximum atomic E-state index is 5.03. The quantitative estimate of drug-likeness (QED) is 0.869. The molecule has 0 aromatic carbocycles. The summed E-state index contributed by atoms with van der Waals surface area (Å²) in [7, 11) is 0. The first kappa shape index (κ1) is 13.1. The van der Waals surface area contributed by atoms with Crippen LogP contribution in [0.15, 0.2) is 0 Å². The van der Waals surface area contributed by atoms with Crippen molar-refractivity contribution in [1.82, 2.24) is 10.3 Å². The predicted molar refractivity (Wildman–Crippen MR) is 84.6 cm³/mol. The Bertz CT molecular complexity index is 476. The maximum Gasteiger partial charge on any atom is 0.185 e. The zero-order chi connectivity index (χ0) is 13.5. The molecule has 3 nitrogen and oxygen atoms in total. The van der Waals surface area contributed by atoms with Crippen LogP contribution in [0.1, 0.15) is 61.9 Å². The van der Waals surface area contributed by atoms with Crippen LogP contribution in [0.2, 0.25) is 0 Å². The Morgan fingerprint density at radius 1 is 1.25 bits per heavy atom. The van der Waals surface area contributed by atoms with Crippen LogP contribution in [0, 0.1) is 5.92 Å². The SMILES string of the molecule is CCC1CCN(c2nc(C3CC3)c(CNC3CC3)s2)C1. The van der Waals surface area contributed by atoms with Crippen LogP contribution in [0.3, 0.4) is 0 Å². The normalized spacial score (nSPS) is 26.4. The van der Waals surface area contributed by atoms with E-state index in [2.05, 4.69) is 17.1 Å². The number of rotatable bonds is 6. The van der Waals surface area contributed by atoms with Crippen molar-refractivity contribution in [2.45, 2.75) is 64.0 Å². The third-order valence-corrected chi connectivity index (χ3v) is 6.07. The van der Waals surface area contributed by atoms with Gasteiger partial charge in [-0.15, -0.1) is 11.3 Å². The molecule has 110 valence electrons. The molecule has 20 heavy (non-hydrogen) atoms. The van der Waals surface area contributed by atoms with Gasteiger partial charge in [0.25, 0.3) is 0 Å². The number of hydrogen-bond donors (Lipinski definition) is 1. The van der Waals surface area contributed by atoms with Crippen LogP contribution in [0.25, 0.3) is 0 Å². The second-order valence-corrected chi connectivity index (χ2v) is 7.81. The number of aromatic nitrogens is 1. The van der Waals surface area contributed by atoms with Gasteiger partial charge in [0.05, 0.1) is 5.69 Å². The van der Waals surface area contributed by atoms with E-state index in [4.69, 9.17) is 4.98 Å². The molecule has 1 aromatic heterocycles. The molecule has 1 unspecified atom stereocenters. The molecule has 3 aliphatic rings. The molecule has 1 saturated heterocycles. The van der Waals surface area contributed by atoms with E-state index in [0.29, 0.717) is 0 Å². The van der Waals surface area contributed by atoms with Gasteiger partial charge in [0, 0.05) is 36.5 Å². The number of hydrogen-bond acceptors (Lipinski definition) is 4. The first-order chi connectivity index (χ1) is 9.83. The van der Waals surface area contributed by atoms with E-state index in [-0.39, 0.29) is 0 Å². The highest BCUT2D eigenvalue weighted by Gasteiger charge is 2.32. The smallest absolute Gasteiger partial charge is 0.185 e. The van der Waals surface area contributed by atoms with Gasteiger partial charge in [-0.3, -0.25) is 0 Å². The van der Waals surface area contributed by atoms with E-state index >= 15 is 0 Å². The summed E-state index contributed by atoms with van der Waals surface area (Å²) in [6.45, 7) is 5.81. The molecule has 0 spiro atoms. The van der Waals surface area contributed by atoms with Crippen molar-refractivity contribution >= 4 is 16.5 Å². The number of nitrogens with zero attached hydrogens (tertiary/aromatic N) is 2. The summed E-state index contributed by atoms with van der Waals surface area (Å²) in [6, 6.07) is 0.795. The summed E-state index contributed by atoms with van der Waals surface area (Å²) in [6.07, 6.45) is 8.12. The van der Waals surface area contributed by atoms with Crippen molar-refractivity contribution in [3.05, 3.63) is 10.6 Å². The van der Waals surface area contributed by atoms with E-state index in [9.17, 15) is 0 Å². The van der Waals surface area contributed by atoms with Gasteiger partial charge in [-0.1, -0.05) is 13.3 Å². The Morgan fingerprint density at radius 2 is 2.10 bits per heavy atom. The first-order valence-electron chi connectivity index (χ1n) is 8.31. The highest BCUT2D eigenvalue weighted by atomic mass is 32.1. The minimum absolute atomic E-state index is 0.778. The molecule has 0 radical (unpaired) electrons. The van der Waals surface area contributed by atoms with Gasteiger partial charge in [-0.2, -0.15) is 0 Å². The Balaban J connectivity index is 1.49. The molecular weight excluding hydrogens is 266 g/mol. The van der Waals surface area contributed by atoms with Gasteiger partial charge in [0.1, 0.15) is 0 Å². The van der Waals surface area contributed by atoms with Gasteiger partial charge in [-0.05, 0) is 38.0 Å². The molecule has 1 aromatic rings. The largest absolute Gasteiger partial charge is 0.348 e. The number of thiazole rings is 1. The highest BCUT2D eigenvalue weighted by molar-refractivity contribution is 7.15. The second kappa shape index (κ2) is 5.30. The molecule has 4 heteroatoms. The molecular formula is C16H25N3S. The van der Waals surface area contributed by atoms with Crippen molar-refractivity contribution < 1.29 is 0 Å².